The number of ketones is 1. The Hall–Kier alpha value is -2.18. The van der Waals surface area contributed by atoms with Crippen LogP contribution < -0.4 is 0 Å². The molecule has 1 amide bonds. The number of amides is 1. The van der Waals surface area contributed by atoms with Crippen molar-refractivity contribution < 1.29 is 14.7 Å². The zero-order valence-electron chi connectivity index (χ0n) is 13.7. The van der Waals surface area contributed by atoms with E-state index in [4.69, 9.17) is 0 Å². The quantitative estimate of drug-likeness (QED) is 0.298. The van der Waals surface area contributed by atoms with Gasteiger partial charge in [-0.05, 0) is 29.8 Å². The predicted molar refractivity (Wildman–Crippen MR) is 107 cm³/mol. The molecule has 1 aliphatic rings. The monoisotopic (exact) mass is 475 g/mol. The highest BCUT2D eigenvalue weighted by Crippen LogP contribution is 2.39. The number of hydrogen-bond donors (Lipinski definition) is 1. The summed E-state index contributed by atoms with van der Waals surface area (Å²) in [5, 5.41) is 10.8. The lowest BCUT2D eigenvalue weighted by atomic mass is 9.95. The minimum Gasteiger partial charge on any atom is -0.507 e. The van der Waals surface area contributed by atoms with Crippen LogP contribution in [0.4, 0.5) is 0 Å². The van der Waals surface area contributed by atoms with Gasteiger partial charge in [0.05, 0.1) is 11.6 Å². The molecule has 26 heavy (non-hydrogen) atoms. The molecule has 1 fully saturated rings. The summed E-state index contributed by atoms with van der Waals surface area (Å²) in [4.78, 5) is 26.6. The first-order valence-electron chi connectivity index (χ1n) is 7.84. The van der Waals surface area contributed by atoms with Gasteiger partial charge in [-0.15, -0.1) is 6.58 Å². The van der Waals surface area contributed by atoms with E-state index in [1.807, 2.05) is 24.3 Å². The van der Waals surface area contributed by atoms with Gasteiger partial charge in [0.25, 0.3) is 11.7 Å². The number of rotatable bonds is 4. The van der Waals surface area contributed by atoms with Gasteiger partial charge < -0.3 is 10.0 Å². The van der Waals surface area contributed by atoms with E-state index >= 15 is 0 Å². The largest absolute Gasteiger partial charge is 0.507 e. The minimum atomic E-state index is -0.694. The summed E-state index contributed by atoms with van der Waals surface area (Å²) in [6.07, 6.45) is 1.57. The third-order valence-electron chi connectivity index (χ3n) is 4.17. The van der Waals surface area contributed by atoms with Gasteiger partial charge in [0, 0.05) is 21.1 Å². The molecular weight excluding hydrogens is 462 g/mol. The summed E-state index contributed by atoms with van der Waals surface area (Å²) in [5.74, 6) is -1.52. The maximum Gasteiger partial charge on any atom is 0.295 e. The number of likely N-dealkylation sites (tertiary alicyclic amines) is 1. The Morgan fingerprint density at radius 2 is 1.58 bits per heavy atom. The highest BCUT2D eigenvalue weighted by atomic mass is 79.9. The van der Waals surface area contributed by atoms with Gasteiger partial charge in [-0.1, -0.05) is 62.2 Å². The van der Waals surface area contributed by atoms with Crippen LogP contribution in [0.2, 0.25) is 0 Å². The van der Waals surface area contributed by atoms with Crippen LogP contribution in [0.3, 0.4) is 0 Å². The third-order valence-corrected chi connectivity index (χ3v) is 5.23. The number of carbonyl (C=O) groups is 2. The molecule has 1 N–H and O–H groups in total. The second kappa shape index (κ2) is 7.60. The summed E-state index contributed by atoms with van der Waals surface area (Å²) in [7, 11) is 0. The van der Waals surface area contributed by atoms with Crippen LogP contribution in [-0.4, -0.2) is 28.2 Å². The topological polar surface area (TPSA) is 57.6 Å². The smallest absolute Gasteiger partial charge is 0.295 e. The second-order valence-corrected chi connectivity index (χ2v) is 7.63. The number of benzene rings is 2. The summed E-state index contributed by atoms with van der Waals surface area (Å²) in [6.45, 7) is 3.88. The first-order chi connectivity index (χ1) is 12.4. The van der Waals surface area contributed by atoms with Crippen molar-refractivity contribution in [3.8, 4) is 0 Å². The first-order valence-corrected chi connectivity index (χ1v) is 9.43. The molecule has 0 saturated carbocycles. The van der Waals surface area contributed by atoms with Gasteiger partial charge in [-0.25, -0.2) is 0 Å². The molecule has 0 aromatic heterocycles. The van der Waals surface area contributed by atoms with Crippen LogP contribution in [0.15, 0.2) is 75.7 Å². The Bertz CT molecular complexity index is 902. The molecule has 1 saturated heterocycles. The molecule has 0 aliphatic carbocycles. The molecule has 1 atom stereocenters. The van der Waals surface area contributed by atoms with Gasteiger partial charge in [-0.2, -0.15) is 0 Å². The zero-order valence-corrected chi connectivity index (χ0v) is 16.8. The standard InChI is InChI=1S/C20H15Br2NO3/c1-2-11-23-17(12-3-7-14(21)8-4-12)16(19(25)20(23)26)18(24)13-5-9-15(22)10-6-13/h2-10,17,24H,1,11H2/b18-16+. The Morgan fingerprint density at radius 3 is 2.12 bits per heavy atom. The number of nitrogens with zero attached hydrogens (tertiary/aromatic N) is 1. The number of carbonyl (C=O) groups excluding carboxylic acids is 2. The zero-order chi connectivity index (χ0) is 18.8. The number of Topliss-reactive ketones (excluding diaryl/α,β-unsaturated/α-hetero) is 1. The molecule has 6 heteroatoms. The highest BCUT2D eigenvalue weighted by molar-refractivity contribution is 9.10. The van der Waals surface area contributed by atoms with E-state index in [-0.39, 0.29) is 17.9 Å². The lowest BCUT2D eigenvalue weighted by Gasteiger charge is -2.24. The molecule has 2 aromatic rings. The van der Waals surface area contributed by atoms with E-state index in [1.54, 1.807) is 30.3 Å². The average Bonchev–Trinajstić information content (AvgIpc) is 2.88. The van der Waals surface area contributed by atoms with Crippen molar-refractivity contribution in [1.82, 2.24) is 4.90 Å². The van der Waals surface area contributed by atoms with Gasteiger partial charge in [0.2, 0.25) is 0 Å². The van der Waals surface area contributed by atoms with Gasteiger partial charge in [-0.3, -0.25) is 9.59 Å². The fraction of sp³-hybridized carbons (Fsp3) is 0.100. The van der Waals surface area contributed by atoms with E-state index in [2.05, 4.69) is 38.4 Å². The van der Waals surface area contributed by atoms with Crippen LogP contribution in [0.5, 0.6) is 0 Å². The van der Waals surface area contributed by atoms with Gasteiger partial charge >= 0.3 is 0 Å². The number of aliphatic hydroxyl groups excluding tert-OH is 1. The summed E-state index contributed by atoms with van der Waals surface area (Å²) in [6, 6.07) is 13.6. The van der Waals surface area contributed by atoms with Crippen LogP contribution in [0.25, 0.3) is 5.76 Å². The average molecular weight is 477 g/mol. The van der Waals surface area contributed by atoms with E-state index in [0.29, 0.717) is 5.56 Å². The molecule has 1 unspecified atom stereocenters. The molecule has 2 aromatic carbocycles. The second-order valence-electron chi connectivity index (χ2n) is 5.80. The van der Waals surface area contributed by atoms with Crippen LogP contribution >= 0.6 is 31.9 Å². The Balaban J connectivity index is 2.18. The lowest BCUT2D eigenvalue weighted by molar-refractivity contribution is -0.139. The number of hydrogen-bond acceptors (Lipinski definition) is 3. The fourth-order valence-corrected chi connectivity index (χ4v) is 3.49. The molecule has 0 radical (unpaired) electrons. The summed E-state index contributed by atoms with van der Waals surface area (Å²) < 4.78 is 1.74. The molecular formula is C20H15Br2NO3. The van der Waals surface area contributed by atoms with Crippen molar-refractivity contribution in [1.29, 1.82) is 0 Å². The molecule has 0 bridgehead atoms. The minimum absolute atomic E-state index is 0.0847. The molecule has 0 spiro atoms. The molecule has 3 rings (SSSR count). The Labute approximate surface area is 168 Å². The van der Waals surface area contributed by atoms with Crippen molar-refractivity contribution in [2.45, 2.75) is 6.04 Å². The highest BCUT2D eigenvalue weighted by Gasteiger charge is 2.45. The van der Waals surface area contributed by atoms with E-state index in [0.717, 1.165) is 14.5 Å². The Kier molecular flexibility index (Phi) is 5.44. The molecule has 1 heterocycles. The molecule has 132 valence electrons. The lowest BCUT2D eigenvalue weighted by Crippen LogP contribution is -2.29. The SMILES string of the molecule is C=CCN1C(=O)C(=O)/C(=C(/O)c2ccc(Br)cc2)C1c1ccc(Br)cc1. The normalized spacial score (nSPS) is 19.0. The molecule has 1 aliphatic heterocycles. The number of aliphatic hydroxyl groups is 1. The number of halogens is 2. The van der Waals surface area contributed by atoms with Gasteiger partial charge in [0.15, 0.2) is 0 Å². The Morgan fingerprint density at radius 1 is 1.04 bits per heavy atom. The van der Waals surface area contributed by atoms with Crippen LogP contribution in [0, 0.1) is 0 Å². The first kappa shape index (κ1) is 18.6. The van der Waals surface area contributed by atoms with Crippen molar-refractivity contribution in [2.24, 2.45) is 0 Å². The van der Waals surface area contributed by atoms with Gasteiger partial charge in [0.1, 0.15) is 5.76 Å². The van der Waals surface area contributed by atoms with E-state index in [1.165, 1.54) is 4.90 Å². The van der Waals surface area contributed by atoms with E-state index in [9.17, 15) is 14.7 Å². The third kappa shape index (κ3) is 3.39. The van der Waals surface area contributed by atoms with Crippen molar-refractivity contribution in [3.63, 3.8) is 0 Å². The summed E-state index contributed by atoms with van der Waals surface area (Å²) in [5.41, 5.74) is 1.31. The van der Waals surface area contributed by atoms with Crippen molar-refractivity contribution in [3.05, 3.63) is 86.8 Å². The van der Waals surface area contributed by atoms with Crippen molar-refractivity contribution in [2.75, 3.05) is 6.54 Å². The summed E-state index contributed by atoms with van der Waals surface area (Å²) >= 11 is 6.72. The maximum atomic E-state index is 12.7. The van der Waals surface area contributed by atoms with E-state index < -0.39 is 17.7 Å². The molecule has 4 nitrogen and oxygen atoms in total. The van der Waals surface area contributed by atoms with Crippen LogP contribution in [-0.2, 0) is 9.59 Å². The van der Waals surface area contributed by atoms with Crippen molar-refractivity contribution >= 4 is 49.3 Å². The van der Waals surface area contributed by atoms with Crippen LogP contribution in [0.1, 0.15) is 17.2 Å². The predicted octanol–water partition coefficient (Wildman–Crippen LogP) is 4.82. The fourth-order valence-electron chi connectivity index (χ4n) is 2.96. The maximum absolute atomic E-state index is 12.7.